The van der Waals surface area contributed by atoms with Gasteiger partial charge in [0.05, 0.1) is 47.3 Å². The minimum absolute atomic E-state index is 0.0103. The zero-order chi connectivity index (χ0) is 21.4. The van der Waals surface area contributed by atoms with Crippen molar-refractivity contribution >= 4 is 16.7 Å². The van der Waals surface area contributed by atoms with Crippen molar-refractivity contribution in [1.82, 2.24) is 39.6 Å². The minimum Gasteiger partial charge on any atom is -0.306 e. The fraction of sp³-hybridized carbons (Fsp3) is 0.364. The molecular weight excluding hydrogens is 392 g/mol. The highest BCUT2D eigenvalue weighted by Gasteiger charge is 2.20. The quantitative estimate of drug-likeness (QED) is 0.461. The van der Waals surface area contributed by atoms with E-state index in [2.05, 4.69) is 37.3 Å². The lowest BCUT2D eigenvalue weighted by atomic mass is 10.1. The summed E-state index contributed by atoms with van der Waals surface area (Å²) in [5, 5.41) is 13.4. The molecule has 0 radical (unpaired) electrons. The van der Waals surface area contributed by atoms with Gasteiger partial charge in [0.25, 0.3) is 0 Å². The summed E-state index contributed by atoms with van der Waals surface area (Å²) in [7, 11) is 3.95. The Morgan fingerprint density at radius 1 is 1.10 bits per heavy atom. The van der Waals surface area contributed by atoms with Gasteiger partial charge in [0.1, 0.15) is 5.69 Å². The molecular formula is C22H24N8O. The van der Waals surface area contributed by atoms with Crippen molar-refractivity contribution in [2.45, 2.75) is 25.3 Å². The van der Waals surface area contributed by atoms with E-state index in [0.29, 0.717) is 23.0 Å². The minimum atomic E-state index is 0.0103. The first kappa shape index (κ1) is 19.5. The zero-order valence-corrected chi connectivity index (χ0v) is 17.6. The first-order valence-corrected chi connectivity index (χ1v) is 10.4. The van der Waals surface area contributed by atoms with Crippen LogP contribution in [0.2, 0.25) is 0 Å². The molecule has 0 unspecified atom stereocenters. The van der Waals surface area contributed by atoms with Gasteiger partial charge < -0.3 is 4.90 Å². The third-order valence-electron chi connectivity index (χ3n) is 5.82. The summed E-state index contributed by atoms with van der Waals surface area (Å²) in [5.41, 5.74) is 3.54. The molecule has 158 valence electrons. The fourth-order valence-electron chi connectivity index (χ4n) is 3.97. The van der Waals surface area contributed by atoms with Crippen molar-refractivity contribution in [3.05, 3.63) is 54.2 Å². The highest BCUT2D eigenvalue weighted by molar-refractivity contribution is 5.97. The van der Waals surface area contributed by atoms with Gasteiger partial charge >= 0.3 is 0 Å². The molecule has 0 aliphatic carbocycles. The molecule has 9 nitrogen and oxygen atoms in total. The van der Waals surface area contributed by atoms with Gasteiger partial charge in [0.15, 0.2) is 5.78 Å². The van der Waals surface area contributed by atoms with Gasteiger partial charge in [-0.15, -0.1) is 5.10 Å². The van der Waals surface area contributed by atoms with E-state index < -0.39 is 0 Å². The van der Waals surface area contributed by atoms with Gasteiger partial charge in [-0.2, -0.15) is 5.10 Å². The summed E-state index contributed by atoms with van der Waals surface area (Å²) in [6.45, 7) is 2.11. The molecule has 0 atom stereocenters. The van der Waals surface area contributed by atoms with Crippen LogP contribution in [0.5, 0.6) is 0 Å². The first-order chi connectivity index (χ1) is 15.0. The van der Waals surface area contributed by atoms with Crippen LogP contribution in [0.25, 0.3) is 22.3 Å². The molecule has 0 saturated carbocycles. The molecule has 4 aromatic rings. The fourth-order valence-corrected chi connectivity index (χ4v) is 3.97. The van der Waals surface area contributed by atoms with E-state index in [1.54, 1.807) is 17.1 Å². The van der Waals surface area contributed by atoms with Crippen LogP contribution in [0.1, 0.15) is 34.9 Å². The van der Waals surface area contributed by atoms with Crippen LogP contribution in [0.15, 0.2) is 43.0 Å². The van der Waals surface area contributed by atoms with Gasteiger partial charge in [-0.3, -0.25) is 19.1 Å². The second kappa shape index (κ2) is 7.99. The molecule has 1 aliphatic rings. The predicted octanol–water partition coefficient (Wildman–Crippen LogP) is 2.31. The monoisotopic (exact) mass is 416 g/mol. The molecule has 0 amide bonds. The number of aromatic nitrogens is 7. The summed E-state index contributed by atoms with van der Waals surface area (Å²) >= 11 is 0. The topological polar surface area (TPSA) is 94.6 Å². The number of likely N-dealkylation sites (tertiary alicyclic amines) is 1. The Bertz CT molecular complexity index is 1240. The van der Waals surface area contributed by atoms with Gasteiger partial charge in [-0.05, 0) is 51.2 Å². The summed E-state index contributed by atoms with van der Waals surface area (Å²) in [4.78, 5) is 24.3. The average molecular weight is 416 g/mol. The van der Waals surface area contributed by atoms with Crippen molar-refractivity contribution in [3.63, 3.8) is 0 Å². The smallest absolute Gasteiger partial charge is 0.171 e. The van der Waals surface area contributed by atoms with Crippen molar-refractivity contribution in [2.24, 2.45) is 7.05 Å². The summed E-state index contributed by atoms with van der Waals surface area (Å²) < 4.78 is 3.59. The molecule has 4 aromatic heterocycles. The molecule has 0 N–H and O–H groups in total. The van der Waals surface area contributed by atoms with Gasteiger partial charge in [0, 0.05) is 24.8 Å². The molecule has 5 rings (SSSR count). The van der Waals surface area contributed by atoms with E-state index in [4.69, 9.17) is 0 Å². The van der Waals surface area contributed by atoms with E-state index in [0.717, 1.165) is 42.5 Å². The first-order valence-electron chi connectivity index (χ1n) is 10.4. The number of pyridine rings is 2. The van der Waals surface area contributed by atoms with E-state index in [9.17, 15) is 4.79 Å². The number of hydrogen-bond donors (Lipinski definition) is 0. The Morgan fingerprint density at radius 3 is 2.71 bits per heavy atom. The van der Waals surface area contributed by atoms with E-state index >= 15 is 0 Å². The second-order valence-electron chi connectivity index (χ2n) is 8.19. The molecule has 0 aromatic carbocycles. The van der Waals surface area contributed by atoms with Crippen LogP contribution in [0.4, 0.5) is 0 Å². The summed E-state index contributed by atoms with van der Waals surface area (Å²) in [6.07, 6.45) is 9.45. The number of fused-ring (bicyclic) bond motifs is 1. The molecule has 5 heterocycles. The number of hydrogen-bond acceptors (Lipinski definition) is 7. The number of carbonyl (C=O) groups is 1. The zero-order valence-electron chi connectivity index (χ0n) is 17.6. The third kappa shape index (κ3) is 4.09. The third-order valence-corrected chi connectivity index (χ3v) is 5.82. The lowest BCUT2D eigenvalue weighted by Crippen LogP contribution is -2.31. The van der Waals surface area contributed by atoms with Crippen LogP contribution in [0.3, 0.4) is 0 Å². The molecule has 1 saturated heterocycles. The molecule has 31 heavy (non-hydrogen) atoms. The van der Waals surface area contributed by atoms with E-state index in [1.807, 2.05) is 42.3 Å². The highest BCUT2D eigenvalue weighted by Crippen LogP contribution is 2.22. The van der Waals surface area contributed by atoms with Crippen LogP contribution in [-0.2, 0) is 13.5 Å². The number of nitrogens with zero attached hydrogens (tertiary/aromatic N) is 8. The van der Waals surface area contributed by atoms with Crippen LogP contribution < -0.4 is 0 Å². The van der Waals surface area contributed by atoms with Crippen molar-refractivity contribution in [1.29, 1.82) is 0 Å². The maximum Gasteiger partial charge on any atom is 0.171 e. The molecule has 0 bridgehead atoms. The van der Waals surface area contributed by atoms with Crippen molar-refractivity contribution in [2.75, 3.05) is 20.1 Å². The van der Waals surface area contributed by atoms with Crippen molar-refractivity contribution < 1.29 is 4.79 Å². The number of Topliss-reactive ketones (excluding diaryl/α,β-unsaturated/α-hetero) is 1. The van der Waals surface area contributed by atoms with Crippen LogP contribution in [-0.4, -0.2) is 65.6 Å². The van der Waals surface area contributed by atoms with Gasteiger partial charge in [-0.1, -0.05) is 5.21 Å². The maximum absolute atomic E-state index is 12.8. The number of aryl methyl sites for hydroxylation is 1. The Hall–Kier alpha value is -3.46. The lowest BCUT2D eigenvalue weighted by Gasteiger charge is -2.28. The summed E-state index contributed by atoms with van der Waals surface area (Å²) in [6, 6.07) is 6.08. The van der Waals surface area contributed by atoms with Crippen molar-refractivity contribution in [3.8, 4) is 11.4 Å². The summed E-state index contributed by atoms with van der Waals surface area (Å²) in [5.74, 6) is 0.0103. The van der Waals surface area contributed by atoms with Crippen LogP contribution >= 0.6 is 0 Å². The average Bonchev–Trinajstić information content (AvgIpc) is 3.43. The molecule has 0 spiro atoms. The molecule has 1 aliphatic heterocycles. The predicted molar refractivity (Wildman–Crippen MR) is 116 cm³/mol. The number of ketones is 1. The Labute approximate surface area is 179 Å². The highest BCUT2D eigenvalue weighted by atomic mass is 16.1. The standard InChI is InChI=1S/C22H24N8O/c1-28-7-5-18(6-8-28)30-13-16(12-24-30)22(31)10-17-9-20-15(11-23-17)3-4-19(25-20)21-14-29(2)27-26-21/h3-4,9,11-14,18H,5-8,10H2,1-2H3. The lowest BCUT2D eigenvalue weighted by molar-refractivity contribution is 0.0991. The Morgan fingerprint density at radius 2 is 1.94 bits per heavy atom. The molecule has 1 fully saturated rings. The maximum atomic E-state index is 12.8. The normalized spacial score (nSPS) is 15.5. The van der Waals surface area contributed by atoms with E-state index in [-0.39, 0.29) is 12.2 Å². The van der Waals surface area contributed by atoms with Crippen LogP contribution in [0, 0.1) is 0 Å². The Balaban J connectivity index is 1.33. The number of carbonyl (C=O) groups excluding carboxylic acids is 1. The van der Waals surface area contributed by atoms with E-state index in [1.165, 1.54) is 0 Å². The Kier molecular flexibility index (Phi) is 5.03. The number of rotatable bonds is 5. The van der Waals surface area contributed by atoms with Gasteiger partial charge in [-0.25, -0.2) is 4.98 Å². The second-order valence-corrected chi connectivity index (χ2v) is 8.19. The number of piperidine rings is 1. The SMILES string of the molecule is CN1CCC(n2cc(C(=O)Cc3cc4nc(-c5cn(C)nn5)ccc4cn3)cn2)CC1. The largest absolute Gasteiger partial charge is 0.306 e. The molecule has 9 heteroatoms. The van der Waals surface area contributed by atoms with Gasteiger partial charge in [0.2, 0.25) is 0 Å².